The summed E-state index contributed by atoms with van der Waals surface area (Å²) < 4.78 is 0. The van der Waals surface area contributed by atoms with Crippen molar-refractivity contribution in [2.24, 2.45) is 0 Å². The lowest BCUT2D eigenvalue weighted by Crippen LogP contribution is -3.18. The highest BCUT2D eigenvalue weighted by Gasteiger charge is 2.36. The minimum atomic E-state index is 0. The zero-order valence-electron chi connectivity index (χ0n) is 28.4. The van der Waals surface area contributed by atoms with Crippen molar-refractivity contribution in [3.8, 4) is 0 Å². The van der Waals surface area contributed by atoms with Crippen molar-refractivity contribution in [1.82, 2.24) is 4.90 Å². The maximum atomic E-state index is 2.70. The van der Waals surface area contributed by atoms with Crippen molar-refractivity contribution < 1.29 is 21.9 Å². The van der Waals surface area contributed by atoms with Crippen molar-refractivity contribution in [3.05, 3.63) is 0 Å². The van der Waals surface area contributed by atoms with E-state index in [-0.39, 0.29) is 17.0 Å². The van der Waals surface area contributed by atoms with Gasteiger partial charge in [-0.05, 0) is 32.7 Å². The molecule has 3 heteroatoms. The van der Waals surface area contributed by atoms with Crippen LogP contribution in [-0.4, -0.2) is 37.2 Å². The highest BCUT2D eigenvalue weighted by Crippen LogP contribution is 2.16. The average Bonchev–Trinajstić information content (AvgIpc) is 3.31. The van der Waals surface area contributed by atoms with Crippen molar-refractivity contribution in [2.75, 3.05) is 20.1 Å². The molecular formula is C37H77BrN2. The molecule has 1 saturated heterocycles. The molecule has 3 atom stereocenters. The van der Waals surface area contributed by atoms with Crippen LogP contribution in [0.15, 0.2) is 0 Å². The van der Waals surface area contributed by atoms with Gasteiger partial charge in [0.1, 0.15) is 6.17 Å². The largest absolute Gasteiger partial charge is 1.00 e. The van der Waals surface area contributed by atoms with Crippen molar-refractivity contribution in [1.29, 1.82) is 0 Å². The van der Waals surface area contributed by atoms with Gasteiger partial charge in [-0.2, -0.15) is 0 Å². The minimum Gasteiger partial charge on any atom is -1.00 e. The summed E-state index contributed by atoms with van der Waals surface area (Å²) in [4.78, 5) is 4.64. The highest BCUT2D eigenvalue weighted by atomic mass is 79.9. The predicted molar refractivity (Wildman–Crippen MR) is 177 cm³/mol. The Labute approximate surface area is 265 Å². The third-order valence-corrected chi connectivity index (χ3v) is 9.97. The van der Waals surface area contributed by atoms with Crippen molar-refractivity contribution in [2.45, 2.75) is 219 Å². The van der Waals surface area contributed by atoms with Gasteiger partial charge in [0.15, 0.2) is 0 Å². The van der Waals surface area contributed by atoms with E-state index < -0.39 is 0 Å². The third kappa shape index (κ3) is 22.0. The molecule has 0 aromatic heterocycles. The molecule has 1 heterocycles. The zero-order valence-corrected chi connectivity index (χ0v) is 30.0. The van der Waals surface area contributed by atoms with E-state index in [0.29, 0.717) is 0 Å². The summed E-state index contributed by atoms with van der Waals surface area (Å²) in [6, 6.07) is 0.898. The number of nitrogens with one attached hydrogen (secondary N) is 1. The summed E-state index contributed by atoms with van der Waals surface area (Å²) in [6.07, 6.45) is 43.1. The minimum absolute atomic E-state index is 0. The predicted octanol–water partition coefficient (Wildman–Crippen LogP) is 7.89. The first kappa shape index (κ1) is 40.4. The first-order valence-electron chi connectivity index (χ1n) is 18.8. The summed E-state index contributed by atoms with van der Waals surface area (Å²) in [7, 11) is 2.40. The van der Waals surface area contributed by atoms with E-state index in [1.807, 2.05) is 4.90 Å². The van der Waals surface area contributed by atoms with Gasteiger partial charge in [0.25, 0.3) is 0 Å². The molecule has 0 radical (unpaired) electrons. The van der Waals surface area contributed by atoms with Crippen LogP contribution in [0.2, 0.25) is 0 Å². The van der Waals surface area contributed by atoms with Crippen molar-refractivity contribution in [3.63, 3.8) is 0 Å². The second kappa shape index (κ2) is 30.8. The summed E-state index contributed by atoms with van der Waals surface area (Å²) in [5.74, 6) is 0. The van der Waals surface area contributed by atoms with Gasteiger partial charge in [-0.25, -0.2) is 0 Å². The van der Waals surface area contributed by atoms with Crippen LogP contribution in [0, 0.1) is 0 Å². The van der Waals surface area contributed by atoms with Crippen LogP contribution in [-0.2, 0) is 0 Å². The van der Waals surface area contributed by atoms with E-state index >= 15 is 0 Å². The van der Waals surface area contributed by atoms with Gasteiger partial charge in [-0.3, -0.25) is 4.90 Å². The maximum absolute atomic E-state index is 2.70. The van der Waals surface area contributed by atoms with Gasteiger partial charge in [0.05, 0.1) is 19.1 Å². The number of halogens is 1. The van der Waals surface area contributed by atoms with Crippen LogP contribution in [0.3, 0.4) is 0 Å². The number of nitrogens with zero attached hydrogens (tertiary/aromatic N) is 1. The van der Waals surface area contributed by atoms with Crippen LogP contribution in [0.25, 0.3) is 0 Å². The van der Waals surface area contributed by atoms with Crippen LogP contribution >= 0.6 is 0 Å². The number of unbranched alkanes of at least 4 members (excludes halogenated alkanes) is 24. The van der Waals surface area contributed by atoms with Gasteiger partial charge >= 0.3 is 0 Å². The van der Waals surface area contributed by atoms with E-state index in [4.69, 9.17) is 0 Å². The number of likely N-dealkylation sites (N-methyl/N-ethyl adjacent to an activating group) is 1. The van der Waals surface area contributed by atoms with E-state index in [1.165, 1.54) is 199 Å². The lowest BCUT2D eigenvalue weighted by Gasteiger charge is -2.31. The molecule has 2 nitrogen and oxygen atoms in total. The van der Waals surface area contributed by atoms with Gasteiger partial charge in [0.2, 0.25) is 0 Å². The normalized spacial score (nSPS) is 18.3. The highest BCUT2D eigenvalue weighted by molar-refractivity contribution is 4.68. The SMILES string of the molecule is CCCCCCCCCCCCCCCC(CC)[NH+]1CCN(C)C1CCCCCCCCCCCCCCC.[Br-]. The monoisotopic (exact) mass is 629 g/mol. The molecule has 1 aliphatic rings. The topological polar surface area (TPSA) is 7.68 Å². The molecule has 1 fully saturated rings. The molecule has 0 aliphatic carbocycles. The average molecular weight is 630 g/mol. The Morgan fingerprint density at radius 1 is 0.525 bits per heavy atom. The van der Waals surface area contributed by atoms with Crippen molar-refractivity contribution >= 4 is 0 Å². The molecular weight excluding hydrogens is 552 g/mol. The lowest BCUT2D eigenvalue weighted by molar-refractivity contribution is -0.943. The van der Waals surface area contributed by atoms with E-state index in [9.17, 15) is 0 Å². The lowest BCUT2D eigenvalue weighted by atomic mass is 10.0. The second-order valence-corrected chi connectivity index (χ2v) is 13.5. The van der Waals surface area contributed by atoms with Gasteiger partial charge in [-0.1, -0.05) is 175 Å². The zero-order chi connectivity index (χ0) is 28.2. The molecule has 0 aromatic rings. The van der Waals surface area contributed by atoms with Crippen LogP contribution in [0.1, 0.15) is 207 Å². The fraction of sp³-hybridized carbons (Fsp3) is 1.00. The number of hydrogen-bond acceptors (Lipinski definition) is 1. The Hall–Kier alpha value is 0.400. The fourth-order valence-corrected chi connectivity index (χ4v) is 7.21. The second-order valence-electron chi connectivity index (χ2n) is 13.5. The summed E-state index contributed by atoms with van der Waals surface area (Å²) in [6.45, 7) is 9.78. The Morgan fingerprint density at radius 2 is 0.875 bits per heavy atom. The molecule has 40 heavy (non-hydrogen) atoms. The first-order chi connectivity index (χ1) is 19.2. The summed E-state index contributed by atoms with van der Waals surface area (Å²) in [5, 5.41) is 0. The van der Waals surface area contributed by atoms with Gasteiger partial charge in [0, 0.05) is 6.42 Å². The smallest absolute Gasteiger partial charge is 0.144 e. The molecule has 1 rings (SSSR count). The maximum Gasteiger partial charge on any atom is 0.144 e. The van der Waals surface area contributed by atoms with E-state index in [2.05, 4.69) is 32.7 Å². The first-order valence-corrected chi connectivity index (χ1v) is 18.8. The Morgan fingerprint density at radius 3 is 1.25 bits per heavy atom. The summed E-state index contributed by atoms with van der Waals surface area (Å²) >= 11 is 0. The fourth-order valence-electron chi connectivity index (χ4n) is 7.21. The molecule has 0 spiro atoms. The number of quaternary nitrogens is 1. The quantitative estimate of drug-likeness (QED) is 0.0795. The van der Waals surface area contributed by atoms with E-state index in [1.54, 1.807) is 0 Å². The van der Waals surface area contributed by atoms with E-state index in [0.717, 1.165) is 12.2 Å². The molecule has 1 N–H and O–H groups in total. The molecule has 1 aliphatic heterocycles. The molecule has 0 amide bonds. The molecule has 3 unspecified atom stereocenters. The number of hydrogen-bond donors (Lipinski definition) is 1. The van der Waals surface area contributed by atoms with Crippen LogP contribution in [0.4, 0.5) is 0 Å². The Kier molecular flexibility index (Phi) is 31.2. The summed E-state index contributed by atoms with van der Waals surface area (Å²) in [5.41, 5.74) is 0. The standard InChI is InChI=1S/C37H76N2.BrH/c1-5-8-10-12-14-16-18-20-22-24-26-28-30-32-36(7-3)39-35-34-38(4)37(39)33-31-29-27-25-23-21-19-17-15-13-11-9-6-2;/h36-37H,5-35H2,1-4H3;1H. The molecule has 0 aromatic carbocycles. The van der Waals surface area contributed by atoms with Gasteiger partial charge < -0.3 is 21.9 Å². The third-order valence-electron chi connectivity index (χ3n) is 9.97. The Balaban J connectivity index is 0.0000152. The Bertz CT molecular complexity index is 485. The molecule has 0 saturated carbocycles. The van der Waals surface area contributed by atoms with Gasteiger partial charge in [-0.15, -0.1) is 0 Å². The molecule has 0 bridgehead atoms. The van der Waals surface area contributed by atoms with Crippen LogP contribution in [0.5, 0.6) is 0 Å². The molecule has 242 valence electrons. The van der Waals surface area contributed by atoms with Crippen LogP contribution < -0.4 is 21.9 Å². The number of rotatable bonds is 30.